The second kappa shape index (κ2) is 3.97. The third-order valence-electron chi connectivity index (χ3n) is 4.51. The Labute approximate surface area is 117 Å². The number of nitrogens with zero attached hydrogens (tertiary/aromatic N) is 2. The Morgan fingerprint density at radius 2 is 2.16 bits per heavy atom. The maximum Gasteiger partial charge on any atom is 0.112 e. The summed E-state index contributed by atoms with van der Waals surface area (Å²) in [4.78, 5) is 4.80. The molecule has 1 aromatic heterocycles. The highest BCUT2D eigenvalue weighted by Gasteiger charge is 2.36. The monoisotopic (exact) mass is 275 g/mol. The maximum absolute atomic E-state index is 6.40. The average Bonchev–Trinajstić information content (AvgIpc) is 3.10. The SMILES string of the molecule is NC1(Cc2nc3cccc(Cl)c3n2C2CC2)CCC1. The van der Waals surface area contributed by atoms with Crippen LogP contribution >= 0.6 is 11.6 Å². The van der Waals surface area contributed by atoms with Crippen LogP contribution in [0.25, 0.3) is 11.0 Å². The summed E-state index contributed by atoms with van der Waals surface area (Å²) in [5.74, 6) is 1.13. The quantitative estimate of drug-likeness (QED) is 0.932. The molecule has 0 saturated heterocycles. The van der Waals surface area contributed by atoms with Gasteiger partial charge in [-0.3, -0.25) is 0 Å². The van der Waals surface area contributed by atoms with Crippen LogP contribution in [0.3, 0.4) is 0 Å². The number of hydrogen-bond acceptors (Lipinski definition) is 2. The van der Waals surface area contributed by atoms with Gasteiger partial charge in [0.25, 0.3) is 0 Å². The average molecular weight is 276 g/mol. The molecule has 0 aliphatic heterocycles. The van der Waals surface area contributed by atoms with Crippen molar-refractivity contribution in [2.75, 3.05) is 0 Å². The molecular weight excluding hydrogens is 258 g/mol. The van der Waals surface area contributed by atoms with Crippen molar-refractivity contribution in [3.63, 3.8) is 0 Å². The van der Waals surface area contributed by atoms with E-state index in [0.29, 0.717) is 6.04 Å². The van der Waals surface area contributed by atoms with Crippen LogP contribution in [0.5, 0.6) is 0 Å². The first kappa shape index (κ1) is 11.7. The van der Waals surface area contributed by atoms with Crippen molar-refractivity contribution < 1.29 is 0 Å². The number of aromatic nitrogens is 2. The Morgan fingerprint density at radius 3 is 2.79 bits per heavy atom. The molecule has 0 unspecified atom stereocenters. The van der Waals surface area contributed by atoms with Gasteiger partial charge in [-0.15, -0.1) is 0 Å². The van der Waals surface area contributed by atoms with Gasteiger partial charge in [0.05, 0.1) is 16.1 Å². The van der Waals surface area contributed by atoms with E-state index in [-0.39, 0.29) is 5.54 Å². The molecule has 2 saturated carbocycles. The lowest BCUT2D eigenvalue weighted by Gasteiger charge is -2.37. The first-order chi connectivity index (χ1) is 9.16. The normalized spacial score (nSPS) is 21.6. The largest absolute Gasteiger partial charge is 0.325 e. The molecule has 4 rings (SSSR count). The van der Waals surface area contributed by atoms with Gasteiger partial charge in [-0.05, 0) is 44.2 Å². The number of nitrogens with two attached hydrogens (primary N) is 1. The van der Waals surface area contributed by atoms with Gasteiger partial charge < -0.3 is 10.3 Å². The highest BCUT2D eigenvalue weighted by atomic mass is 35.5. The lowest BCUT2D eigenvalue weighted by molar-refractivity contribution is 0.241. The molecule has 2 fully saturated rings. The van der Waals surface area contributed by atoms with Gasteiger partial charge in [-0.1, -0.05) is 17.7 Å². The third-order valence-corrected chi connectivity index (χ3v) is 4.81. The van der Waals surface area contributed by atoms with Crippen LogP contribution in [0.15, 0.2) is 18.2 Å². The Balaban J connectivity index is 1.85. The van der Waals surface area contributed by atoms with Crippen LogP contribution in [0.1, 0.15) is 44.0 Å². The van der Waals surface area contributed by atoms with Crippen molar-refractivity contribution in [3.05, 3.63) is 29.0 Å². The molecule has 2 aliphatic carbocycles. The molecule has 4 heteroatoms. The molecule has 1 heterocycles. The Bertz CT molecular complexity index is 638. The number of fused-ring (bicyclic) bond motifs is 1. The predicted octanol–water partition coefficient (Wildman–Crippen LogP) is 3.45. The highest BCUT2D eigenvalue weighted by molar-refractivity contribution is 6.35. The van der Waals surface area contributed by atoms with E-state index < -0.39 is 0 Å². The second-order valence-electron chi connectivity index (χ2n) is 6.13. The zero-order valence-corrected chi connectivity index (χ0v) is 11.7. The minimum atomic E-state index is -0.0273. The van der Waals surface area contributed by atoms with Crippen LogP contribution in [0.4, 0.5) is 0 Å². The molecule has 0 amide bonds. The van der Waals surface area contributed by atoms with Gasteiger partial charge >= 0.3 is 0 Å². The Kier molecular flexibility index (Phi) is 2.45. The smallest absolute Gasteiger partial charge is 0.112 e. The number of imidazole rings is 1. The van der Waals surface area contributed by atoms with Crippen molar-refractivity contribution in [3.8, 4) is 0 Å². The third kappa shape index (κ3) is 1.87. The van der Waals surface area contributed by atoms with Crippen LogP contribution in [0, 0.1) is 0 Å². The molecule has 0 radical (unpaired) electrons. The fourth-order valence-electron chi connectivity index (χ4n) is 3.13. The molecule has 0 spiro atoms. The molecule has 0 atom stereocenters. The van der Waals surface area contributed by atoms with Crippen LogP contribution in [0.2, 0.25) is 5.02 Å². The first-order valence-corrected chi connectivity index (χ1v) is 7.48. The standard InChI is InChI=1S/C15H18ClN3/c16-11-3-1-4-12-14(11)19(10-5-6-10)13(18-12)9-15(17)7-2-8-15/h1,3-4,10H,2,5-9,17H2. The summed E-state index contributed by atoms with van der Waals surface area (Å²) >= 11 is 6.37. The van der Waals surface area contributed by atoms with E-state index in [2.05, 4.69) is 4.57 Å². The molecule has 3 nitrogen and oxygen atoms in total. The van der Waals surface area contributed by atoms with Gasteiger partial charge in [0, 0.05) is 18.0 Å². The summed E-state index contributed by atoms with van der Waals surface area (Å²) in [6.45, 7) is 0. The van der Waals surface area contributed by atoms with Gasteiger partial charge in [0.2, 0.25) is 0 Å². The molecule has 0 bridgehead atoms. The van der Waals surface area contributed by atoms with Crippen molar-refractivity contribution in [1.82, 2.24) is 9.55 Å². The van der Waals surface area contributed by atoms with E-state index >= 15 is 0 Å². The van der Waals surface area contributed by atoms with Gasteiger partial charge in [-0.2, -0.15) is 0 Å². The van der Waals surface area contributed by atoms with Crippen LogP contribution in [-0.4, -0.2) is 15.1 Å². The molecule has 100 valence electrons. The molecular formula is C15H18ClN3. The number of hydrogen-bond donors (Lipinski definition) is 1. The molecule has 2 N–H and O–H groups in total. The number of rotatable bonds is 3. The molecule has 1 aromatic carbocycles. The molecule has 19 heavy (non-hydrogen) atoms. The summed E-state index contributed by atoms with van der Waals surface area (Å²) in [5, 5.41) is 0.808. The molecule has 2 aromatic rings. The van der Waals surface area contributed by atoms with Gasteiger partial charge in [0.1, 0.15) is 5.82 Å². The van der Waals surface area contributed by atoms with E-state index in [1.807, 2.05) is 18.2 Å². The van der Waals surface area contributed by atoms with Gasteiger partial charge in [-0.25, -0.2) is 4.98 Å². The van der Waals surface area contributed by atoms with Crippen molar-refractivity contribution in [1.29, 1.82) is 0 Å². The molecule has 2 aliphatic rings. The van der Waals surface area contributed by atoms with E-state index in [1.54, 1.807) is 0 Å². The topological polar surface area (TPSA) is 43.8 Å². The van der Waals surface area contributed by atoms with E-state index in [4.69, 9.17) is 22.3 Å². The zero-order chi connectivity index (χ0) is 13.0. The lowest BCUT2D eigenvalue weighted by Crippen LogP contribution is -2.48. The van der Waals surface area contributed by atoms with Crippen molar-refractivity contribution in [2.45, 2.75) is 50.1 Å². The fraction of sp³-hybridized carbons (Fsp3) is 0.533. The Morgan fingerprint density at radius 1 is 1.37 bits per heavy atom. The van der Waals surface area contributed by atoms with Crippen molar-refractivity contribution in [2.24, 2.45) is 5.73 Å². The van der Waals surface area contributed by atoms with E-state index in [0.717, 1.165) is 41.1 Å². The Hall–Kier alpha value is -1.06. The minimum absolute atomic E-state index is 0.0273. The number of halogens is 1. The van der Waals surface area contributed by atoms with Gasteiger partial charge in [0.15, 0.2) is 0 Å². The summed E-state index contributed by atoms with van der Waals surface area (Å²) in [6.07, 6.45) is 6.85. The lowest BCUT2D eigenvalue weighted by atomic mass is 9.75. The van der Waals surface area contributed by atoms with Crippen molar-refractivity contribution >= 4 is 22.6 Å². The predicted molar refractivity (Wildman–Crippen MR) is 77.5 cm³/mol. The van der Waals surface area contributed by atoms with Crippen LogP contribution in [-0.2, 0) is 6.42 Å². The highest BCUT2D eigenvalue weighted by Crippen LogP contribution is 2.42. The summed E-state index contributed by atoms with van der Waals surface area (Å²) < 4.78 is 2.35. The first-order valence-electron chi connectivity index (χ1n) is 7.11. The maximum atomic E-state index is 6.40. The van der Waals surface area contributed by atoms with E-state index in [9.17, 15) is 0 Å². The zero-order valence-electron chi connectivity index (χ0n) is 10.9. The second-order valence-corrected chi connectivity index (χ2v) is 6.54. The minimum Gasteiger partial charge on any atom is -0.325 e. The summed E-state index contributed by atoms with van der Waals surface area (Å²) in [5.41, 5.74) is 8.48. The summed E-state index contributed by atoms with van der Waals surface area (Å²) in [6, 6.07) is 6.56. The van der Waals surface area contributed by atoms with E-state index in [1.165, 1.54) is 19.3 Å². The fourth-order valence-corrected chi connectivity index (χ4v) is 3.39. The summed E-state index contributed by atoms with van der Waals surface area (Å²) in [7, 11) is 0. The number of para-hydroxylation sites is 1. The number of benzene rings is 1. The van der Waals surface area contributed by atoms with Crippen LogP contribution < -0.4 is 5.73 Å².